The Morgan fingerprint density at radius 3 is 3.07 bits per heavy atom. The quantitative estimate of drug-likeness (QED) is 0.763. The van der Waals surface area contributed by atoms with Crippen LogP contribution in [-0.4, -0.2) is 18.2 Å². The Labute approximate surface area is 85.4 Å². The van der Waals surface area contributed by atoms with Crippen LogP contribution in [0.1, 0.15) is 23.0 Å². The zero-order valence-corrected chi connectivity index (χ0v) is 8.37. The van der Waals surface area contributed by atoms with Crippen LogP contribution < -0.4 is 0 Å². The van der Waals surface area contributed by atoms with Gasteiger partial charge in [0.05, 0.1) is 25.2 Å². The summed E-state index contributed by atoms with van der Waals surface area (Å²) in [7, 11) is 1.27. The average Bonchev–Trinajstić information content (AvgIpc) is 2.65. The Bertz CT molecular complexity index is 366. The van der Waals surface area contributed by atoms with Gasteiger partial charge >= 0.3 is 5.97 Å². The summed E-state index contributed by atoms with van der Waals surface area (Å²) in [5.41, 5.74) is 0.494. The van der Waals surface area contributed by atoms with Gasteiger partial charge in [-0.15, -0.1) is 11.3 Å². The van der Waals surface area contributed by atoms with Gasteiger partial charge in [-0.1, -0.05) is 0 Å². The minimum Gasteiger partial charge on any atom is -0.469 e. The Hall–Kier alpha value is -1.38. The summed E-state index contributed by atoms with van der Waals surface area (Å²) >= 11 is 1.25. The van der Waals surface area contributed by atoms with Crippen molar-refractivity contribution in [2.75, 3.05) is 7.11 Å². The molecule has 0 bridgehead atoms. The number of aliphatic hydroxyl groups is 1. The van der Waals surface area contributed by atoms with Crippen molar-refractivity contribution in [3.05, 3.63) is 21.9 Å². The van der Waals surface area contributed by atoms with Crippen molar-refractivity contribution < 1.29 is 14.6 Å². The van der Waals surface area contributed by atoms with Crippen LogP contribution in [-0.2, 0) is 9.53 Å². The number of nitrogens with zero attached hydrogens (tertiary/aromatic N) is 1. The molecule has 0 spiro atoms. The van der Waals surface area contributed by atoms with Gasteiger partial charge in [0.15, 0.2) is 0 Å². The minimum atomic E-state index is -0.880. The monoisotopic (exact) mass is 211 g/mol. The first-order chi connectivity index (χ1) is 6.67. The van der Waals surface area contributed by atoms with Crippen LogP contribution in [0.3, 0.4) is 0 Å². The van der Waals surface area contributed by atoms with Crippen LogP contribution in [0.25, 0.3) is 0 Å². The number of nitriles is 1. The minimum absolute atomic E-state index is 0.0815. The number of methoxy groups -OCH3 is 1. The van der Waals surface area contributed by atoms with Gasteiger partial charge in [-0.25, -0.2) is 0 Å². The highest BCUT2D eigenvalue weighted by molar-refractivity contribution is 7.10. The van der Waals surface area contributed by atoms with Crippen LogP contribution >= 0.6 is 11.3 Å². The molecule has 0 saturated carbocycles. The first-order valence-corrected chi connectivity index (χ1v) is 4.78. The first kappa shape index (κ1) is 10.7. The van der Waals surface area contributed by atoms with Gasteiger partial charge in [0.25, 0.3) is 0 Å². The van der Waals surface area contributed by atoms with Gasteiger partial charge in [-0.05, 0) is 6.07 Å². The number of carbonyl (C=O) groups excluding carboxylic acids is 1. The Balaban J connectivity index is 2.65. The summed E-state index contributed by atoms with van der Waals surface area (Å²) in [5.74, 6) is -0.468. The number of hydrogen-bond acceptors (Lipinski definition) is 5. The topological polar surface area (TPSA) is 70.3 Å². The lowest BCUT2D eigenvalue weighted by Gasteiger charge is -2.05. The molecule has 1 atom stereocenters. The van der Waals surface area contributed by atoms with E-state index in [4.69, 9.17) is 5.26 Å². The Kier molecular flexibility index (Phi) is 3.63. The summed E-state index contributed by atoms with van der Waals surface area (Å²) in [4.78, 5) is 11.4. The molecule has 14 heavy (non-hydrogen) atoms. The lowest BCUT2D eigenvalue weighted by Crippen LogP contribution is -2.06. The number of aliphatic hydroxyl groups excluding tert-OH is 1. The summed E-state index contributed by atoms with van der Waals surface area (Å²) in [5, 5.41) is 19.7. The molecule has 0 fully saturated rings. The van der Waals surface area contributed by atoms with Crippen LogP contribution in [0.4, 0.5) is 0 Å². The van der Waals surface area contributed by atoms with E-state index >= 15 is 0 Å². The maximum Gasteiger partial charge on any atom is 0.308 e. The molecule has 1 N–H and O–H groups in total. The van der Waals surface area contributed by atoms with Gasteiger partial charge in [-0.3, -0.25) is 4.79 Å². The third kappa shape index (κ3) is 2.55. The van der Waals surface area contributed by atoms with Gasteiger partial charge in [0, 0.05) is 10.3 Å². The van der Waals surface area contributed by atoms with Crippen LogP contribution in [0.2, 0.25) is 0 Å². The molecule has 0 aromatic carbocycles. The van der Waals surface area contributed by atoms with E-state index in [0.717, 1.165) is 0 Å². The summed E-state index contributed by atoms with van der Waals surface area (Å²) in [6.07, 6.45) is -0.962. The van der Waals surface area contributed by atoms with E-state index in [1.807, 2.05) is 6.07 Å². The highest BCUT2D eigenvalue weighted by Crippen LogP contribution is 2.24. The van der Waals surface area contributed by atoms with E-state index in [9.17, 15) is 9.90 Å². The molecule has 1 heterocycles. The molecule has 5 heteroatoms. The van der Waals surface area contributed by atoms with Gasteiger partial charge in [0.2, 0.25) is 0 Å². The number of rotatable bonds is 3. The van der Waals surface area contributed by atoms with Crippen molar-refractivity contribution in [2.24, 2.45) is 0 Å². The fraction of sp³-hybridized carbons (Fsp3) is 0.333. The average molecular weight is 211 g/mol. The first-order valence-electron chi connectivity index (χ1n) is 3.90. The molecule has 0 saturated heterocycles. The number of hydrogen-bond donors (Lipinski definition) is 1. The molecule has 1 aromatic rings. The Morgan fingerprint density at radius 2 is 2.57 bits per heavy atom. The molecule has 0 aliphatic rings. The second-order valence-electron chi connectivity index (χ2n) is 2.65. The zero-order chi connectivity index (χ0) is 10.6. The van der Waals surface area contributed by atoms with Crippen LogP contribution in [0.5, 0.6) is 0 Å². The molecular weight excluding hydrogens is 202 g/mol. The van der Waals surface area contributed by atoms with E-state index < -0.39 is 12.1 Å². The van der Waals surface area contributed by atoms with Gasteiger partial charge < -0.3 is 9.84 Å². The zero-order valence-electron chi connectivity index (χ0n) is 7.56. The predicted molar refractivity (Wildman–Crippen MR) is 50.6 cm³/mol. The normalized spacial score (nSPS) is 11.8. The van der Waals surface area contributed by atoms with Gasteiger partial charge in [-0.2, -0.15) is 5.26 Å². The van der Waals surface area contributed by atoms with Crippen molar-refractivity contribution in [2.45, 2.75) is 12.5 Å². The van der Waals surface area contributed by atoms with Crippen molar-refractivity contribution in [1.82, 2.24) is 0 Å². The maximum absolute atomic E-state index is 10.8. The molecule has 0 amide bonds. The molecular formula is C9H9NO3S. The molecule has 1 rings (SSSR count). The summed E-state index contributed by atoms with van der Waals surface area (Å²) in [6, 6.07) is 3.52. The molecule has 0 radical (unpaired) electrons. The van der Waals surface area contributed by atoms with Crippen molar-refractivity contribution >= 4 is 17.3 Å². The largest absolute Gasteiger partial charge is 0.469 e. The maximum atomic E-state index is 10.8. The summed E-state index contributed by atoms with van der Waals surface area (Å²) in [6.45, 7) is 0. The number of thiophene rings is 1. The summed E-state index contributed by atoms with van der Waals surface area (Å²) < 4.78 is 4.42. The number of esters is 1. The van der Waals surface area contributed by atoms with E-state index in [1.54, 1.807) is 11.4 Å². The molecule has 74 valence electrons. The lowest BCUT2D eigenvalue weighted by atomic mass is 10.2. The molecule has 0 aliphatic carbocycles. The molecule has 1 aromatic heterocycles. The number of carbonyl (C=O) groups is 1. The Morgan fingerprint density at radius 1 is 1.86 bits per heavy atom. The smallest absolute Gasteiger partial charge is 0.308 e. The fourth-order valence-corrected chi connectivity index (χ4v) is 1.75. The van der Waals surface area contributed by atoms with E-state index in [0.29, 0.717) is 10.4 Å². The van der Waals surface area contributed by atoms with E-state index in [2.05, 4.69) is 4.74 Å². The molecule has 0 unspecified atom stereocenters. The highest BCUT2D eigenvalue weighted by Gasteiger charge is 2.15. The van der Waals surface area contributed by atoms with Crippen molar-refractivity contribution in [3.63, 3.8) is 0 Å². The standard InChI is InChI=1S/C9H9NO3S/c1-13-9(12)3-7(11)8-2-6(4-10)5-14-8/h2,5,7,11H,3H2,1H3/t7-/m0/s1. The highest BCUT2D eigenvalue weighted by atomic mass is 32.1. The molecule has 0 aliphatic heterocycles. The lowest BCUT2D eigenvalue weighted by molar-refractivity contribution is -0.142. The van der Waals surface area contributed by atoms with Crippen LogP contribution in [0, 0.1) is 11.3 Å². The third-order valence-electron chi connectivity index (χ3n) is 1.66. The second kappa shape index (κ2) is 4.74. The van der Waals surface area contributed by atoms with E-state index in [-0.39, 0.29) is 6.42 Å². The SMILES string of the molecule is COC(=O)C[C@H](O)c1cc(C#N)cs1. The third-order valence-corrected chi connectivity index (χ3v) is 2.70. The van der Waals surface area contributed by atoms with Crippen LogP contribution in [0.15, 0.2) is 11.4 Å². The molecule has 4 nitrogen and oxygen atoms in total. The fourth-order valence-electron chi connectivity index (χ4n) is 0.928. The van der Waals surface area contributed by atoms with Gasteiger partial charge in [0.1, 0.15) is 6.07 Å². The number of ether oxygens (including phenoxy) is 1. The van der Waals surface area contributed by atoms with E-state index in [1.165, 1.54) is 18.4 Å². The van der Waals surface area contributed by atoms with Crippen molar-refractivity contribution in [3.8, 4) is 6.07 Å². The van der Waals surface area contributed by atoms with Crippen molar-refractivity contribution in [1.29, 1.82) is 5.26 Å². The predicted octanol–water partition coefficient (Wildman–Crippen LogP) is 1.22. The second-order valence-corrected chi connectivity index (χ2v) is 3.59.